The molecule has 0 aromatic rings. The monoisotopic (exact) mass is 138 g/mol. The largest absolute Gasteiger partial charge is 0.134 e. The minimum absolute atomic E-state index is 1.09. The van der Waals surface area contributed by atoms with Gasteiger partial charge in [-0.05, 0) is 17.6 Å². The van der Waals surface area contributed by atoms with Gasteiger partial charge in [-0.15, -0.1) is 11.8 Å². The van der Waals surface area contributed by atoms with Crippen LogP contribution in [0.3, 0.4) is 0 Å². The summed E-state index contributed by atoms with van der Waals surface area (Å²) in [5.74, 6) is 0. The average Bonchev–Trinajstić information content (AvgIpc) is 2.13. The molecule has 0 bridgehead atoms. The molecule has 0 saturated heterocycles. The van der Waals surface area contributed by atoms with Crippen molar-refractivity contribution >= 4 is 11.8 Å². The fraction of sp³-hybridized carbons (Fsp3) is 0.250. The highest BCUT2D eigenvalue weighted by molar-refractivity contribution is 8.02. The zero-order valence-corrected chi connectivity index (χ0v) is 6.32. The highest BCUT2D eigenvalue weighted by Crippen LogP contribution is 2.17. The second-order valence-electron chi connectivity index (χ2n) is 1.85. The molecule has 1 aliphatic carbocycles. The van der Waals surface area contributed by atoms with E-state index in [1.165, 1.54) is 4.91 Å². The van der Waals surface area contributed by atoms with Crippen LogP contribution in [-0.4, -0.2) is 6.26 Å². The van der Waals surface area contributed by atoms with Crippen molar-refractivity contribution in [2.45, 2.75) is 6.42 Å². The van der Waals surface area contributed by atoms with E-state index in [1.54, 1.807) is 0 Å². The van der Waals surface area contributed by atoms with E-state index < -0.39 is 0 Å². The van der Waals surface area contributed by atoms with Gasteiger partial charge in [0.1, 0.15) is 0 Å². The van der Waals surface area contributed by atoms with Crippen LogP contribution in [0.25, 0.3) is 0 Å². The topological polar surface area (TPSA) is 0 Å². The summed E-state index contributed by atoms with van der Waals surface area (Å²) in [6.07, 6.45) is 13.8. The first-order chi connectivity index (χ1) is 4.43. The smallest absolute Gasteiger partial charge is 0.00343 e. The van der Waals surface area contributed by atoms with E-state index in [-0.39, 0.29) is 0 Å². The quantitative estimate of drug-likeness (QED) is 0.537. The van der Waals surface area contributed by atoms with E-state index in [2.05, 4.69) is 36.6 Å². The highest BCUT2D eigenvalue weighted by Gasteiger charge is 1.89. The molecule has 1 heteroatoms. The standard InChI is InChI=1S/C8H10S/c1-9-8-6-4-2-3-5-7-8/h2-6H,7H2,1H3. The lowest BCUT2D eigenvalue weighted by Gasteiger charge is -1.93. The molecule has 0 heterocycles. The molecule has 48 valence electrons. The van der Waals surface area contributed by atoms with Crippen molar-refractivity contribution < 1.29 is 0 Å². The molecule has 0 saturated carbocycles. The molecule has 0 aromatic carbocycles. The van der Waals surface area contributed by atoms with Gasteiger partial charge in [-0.1, -0.05) is 30.4 Å². The lowest BCUT2D eigenvalue weighted by Crippen LogP contribution is -1.68. The van der Waals surface area contributed by atoms with Gasteiger partial charge in [0.25, 0.3) is 0 Å². The number of thioether (sulfide) groups is 1. The average molecular weight is 138 g/mol. The van der Waals surface area contributed by atoms with Gasteiger partial charge >= 0.3 is 0 Å². The SMILES string of the molecule is CSC1=CC=CC=CC1. The van der Waals surface area contributed by atoms with Crippen LogP contribution >= 0.6 is 11.8 Å². The van der Waals surface area contributed by atoms with Crippen molar-refractivity contribution in [2.75, 3.05) is 6.26 Å². The maximum Gasteiger partial charge on any atom is -0.00343 e. The molecule has 1 rings (SSSR count). The van der Waals surface area contributed by atoms with Gasteiger partial charge < -0.3 is 0 Å². The number of rotatable bonds is 1. The minimum Gasteiger partial charge on any atom is -0.134 e. The maximum atomic E-state index is 2.17. The predicted octanol–water partition coefficient (Wildman–Crippen LogP) is 2.75. The van der Waals surface area contributed by atoms with Crippen LogP contribution in [0.5, 0.6) is 0 Å². The summed E-state index contributed by atoms with van der Waals surface area (Å²) in [5.41, 5.74) is 0. The Kier molecular flexibility index (Phi) is 2.65. The second kappa shape index (κ2) is 3.57. The van der Waals surface area contributed by atoms with Crippen LogP contribution in [0, 0.1) is 0 Å². The first kappa shape index (κ1) is 6.69. The molecule has 0 spiro atoms. The Bertz CT molecular complexity index is 163. The van der Waals surface area contributed by atoms with Crippen LogP contribution in [0.1, 0.15) is 6.42 Å². The van der Waals surface area contributed by atoms with Crippen LogP contribution in [-0.2, 0) is 0 Å². The van der Waals surface area contributed by atoms with Crippen molar-refractivity contribution in [3.05, 3.63) is 35.3 Å². The molecular weight excluding hydrogens is 128 g/mol. The molecule has 1 aliphatic rings. The molecule has 0 N–H and O–H groups in total. The van der Waals surface area contributed by atoms with Crippen molar-refractivity contribution in [1.29, 1.82) is 0 Å². The molecular formula is C8H10S. The summed E-state index contributed by atoms with van der Waals surface area (Å²) < 4.78 is 0. The van der Waals surface area contributed by atoms with E-state index in [0.29, 0.717) is 0 Å². The van der Waals surface area contributed by atoms with Crippen molar-refractivity contribution in [2.24, 2.45) is 0 Å². The fourth-order valence-electron chi connectivity index (χ4n) is 0.709. The molecule has 0 fully saturated rings. The third-order valence-electron chi connectivity index (χ3n) is 1.22. The third kappa shape index (κ3) is 2.10. The lowest BCUT2D eigenvalue weighted by atomic mass is 10.4. The normalized spacial score (nSPS) is 17.2. The van der Waals surface area contributed by atoms with Gasteiger partial charge in [-0.3, -0.25) is 0 Å². The summed E-state index contributed by atoms with van der Waals surface area (Å²) in [5, 5.41) is 0. The van der Waals surface area contributed by atoms with Gasteiger partial charge in [0.15, 0.2) is 0 Å². The minimum atomic E-state index is 1.09. The molecule has 0 unspecified atom stereocenters. The van der Waals surface area contributed by atoms with Crippen LogP contribution < -0.4 is 0 Å². The lowest BCUT2D eigenvalue weighted by molar-refractivity contribution is 1.37. The first-order valence-corrected chi connectivity index (χ1v) is 4.22. The Balaban J connectivity index is 2.62. The molecule has 0 atom stereocenters. The molecule has 0 aromatic heterocycles. The zero-order valence-electron chi connectivity index (χ0n) is 5.50. The summed E-state index contributed by atoms with van der Waals surface area (Å²) in [6, 6.07) is 0. The Hall–Kier alpha value is -0.430. The van der Waals surface area contributed by atoms with Gasteiger partial charge in [0.05, 0.1) is 0 Å². The van der Waals surface area contributed by atoms with E-state index >= 15 is 0 Å². The molecule has 0 aliphatic heterocycles. The second-order valence-corrected chi connectivity index (χ2v) is 2.79. The summed E-state index contributed by atoms with van der Waals surface area (Å²) >= 11 is 1.82. The van der Waals surface area contributed by atoms with Gasteiger partial charge in [0.2, 0.25) is 0 Å². The van der Waals surface area contributed by atoms with Gasteiger partial charge in [0, 0.05) is 0 Å². The van der Waals surface area contributed by atoms with Gasteiger partial charge in [-0.2, -0.15) is 0 Å². The summed E-state index contributed by atoms with van der Waals surface area (Å²) in [4.78, 5) is 1.43. The molecule has 0 nitrogen and oxygen atoms in total. The zero-order chi connectivity index (χ0) is 6.53. The number of allylic oxidation sites excluding steroid dienone is 6. The Morgan fingerprint density at radius 3 is 3.00 bits per heavy atom. The Morgan fingerprint density at radius 1 is 1.33 bits per heavy atom. The predicted molar refractivity (Wildman–Crippen MR) is 44.5 cm³/mol. The third-order valence-corrected chi connectivity index (χ3v) is 2.05. The van der Waals surface area contributed by atoms with E-state index in [9.17, 15) is 0 Å². The number of hydrogen-bond donors (Lipinski definition) is 0. The number of hydrogen-bond acceptors (Lipinski definition) is 1. The molecule has 0 radical (unpaired) electrons. The van der Waals surface area contributed by atoms with Crippen molar-refractivity contribution in [1.82, 2.24) is 0 Å². The van der Waals surface area contributed by atoms with Crippen molar-refractivity contribution in [3.8, 4) is 0 Å². The summed E-state index contributed by atoms with van der Waals surface area (Å²) in [6.45, 7) is 0. The Labute approximate surface area is 60.3 Å². The first-order valence-electron chi connectivity index (χ1n) is 3.00. The van der Waals surface area contributed by atoms with E-state index in [4.69, 9.17) is 0 Å². The fourth-order valence-corrected chi connectivity index (χ4v) is 1.19. The van der Waals surface area contributed by atoms with Crippen LogP contribution in [0.2, 0.25) is 0 Å². The molecule has 9 heavy (non-hydrogen) atoms. The molecule has 0 amide bonds. The van der Waals surface area contributed by atoms with Crippen molar-refractivity contribution in [3.63, 3.8) is 0 Å². The van der Waals surface area contributed by atoms with Crippen LogP contribution in [0.15, 0.2) is 35.3 Å². The highest BCUT2D eigenvalue weighted by atomic mass is 32.2. The van der Waals surface area contributed by atoms with Crippen LogP contribution in [0.4, 0.5) is 0 Å². The Morgan fingerprint density at radius 2 is 2.22 bits per heavy atom. The summed E-state index contributed by atoms with van der Waals surface area (Å²) in [7, 11) is 0. The maximum absolute atomic E-state index is 2.17. The van der Waals surface area contributed by atoms with E-state index in [1.807, 2.05) is 11.8 Å². The van der Waals surface area contributed by atoms with E-state index in [0.717, 1.165) is 6.42 Å². The van der Waals surface area contributed by atoms with Gasteiger partial charge in [-0.25, -0.2) is 0 Å².